The summed E-state index contributed by atoms with van der Waals surface area (Å²) in [6.07, 6.45) is 0.565. The van der Waals surface area contributed by atoms with Gasteiger partial charge in [-0.05, 0) is 30.2 Å². The summed E-state index contributed by atoms with van der Waals surface area (Å²) in [5, 5.41) is 3.70. The Balaban J connectivity index is 2.07. The van der Waals surface area contributed by atoms with E-state index in [1.54, 1.807) is 18.2 Å². The maximum atomic E-state index is 13.5. The molecule has 3 N–H and O–H groups in total. The molecule has 0 aliphatic carbocycles. The molecule has 0 aliphatic rings. The maximum absolute atomic E-state index is 13.5. The van der Waals surface area contributed by atoms with Crippen LogP contribution in [0.15, 0.2) is 42.5 Å². The minimum atomic E-state index is -0.199. The van der Waals surface area contributed by atoms with Crippen LogP contribution in [0.4, 0.5) is 10.1 Å². The second kappa shape index (κ2) is 6.68. The summed E-state index contributed by atoms with van der Waals surface area (Å²) in [4.78, 5) is 0.240. The summed E-state index contributed by atoms with van der Waals surface area (Å²) >= 11 is 11.1. The average Bonchev–Trinajstić information content (AvgIpc) is 2.40. The predicted molar refractivity (Wildman–Crippen MR) is 85.9 cm³/mol. The lowest BCUT2D eigenvalue weighted by molar-refractivity contribution is 0.610. The highest BCUT2D eigenvalue weighted by atomic mass is 35.5. The molecule has 0 radical (unpaired) electrons. The molecule has 0 saturated carbocycles. The van der Waals surface area contributed by atoms with Gasteiger partial charge in [-0.3, -0.25) is 0 Å². The second-order valence-corrected chi connectivity index (χ2v) is 5.14. The number of thiocarbonyl (C=S) groups is 1. The molecule has 0 spiro atoms. The lowest BCUT2D eigenvalue weighted by Crippen LogP contribution is -2.15. The Morgan fingerprint density at radius 2 is 1.95 bits per heavy atom. The van der Waals surface area contributed by atoms with Crippen LogP contribution in [0.2, 0.25) is 5.02 Å². The van der Waals surface area contributed by atoms with Gasteiger partial charge >= 0.3 is 0 Å². The van der Waals surface area contributed by atoms with Crippen molar-refractivity contribution in [1.82, 2.24) is 0 Å². The van der Waals surface area contributed by atoms with Crippen molar-refractivity contribution >= 4 is 34.5 Å². The van der Waals surface area contributed by atoms with Crippen LogP contribution < -0.4 is 11.1 Å². The topological polar surface area (TPSA) is 38.0 Å². The summed E-state index contributed by atoms with van der Waals surface area (Å²) in [6, 6.07) is 12.1. The molecule has 2 nitrogen and oxygen atoms in total. The lowest BCUT2D eigenvalue weighted by Gasteiger charge is -2.12. The Kier molecular flexibility index (Phi) is 4.93. The van der Waals surface area contributed by atoms with Gasteiger partial charge in [-0.25, -0.2) is 4.39 Å². The molecule has 0 unspecified atom stereocenters. The minimum Gasteiger partial charge on any atom is -0.389 e. The molecule has 0 aromatic heterocycles. The highest BCUT2D eigenvalue weighted by Gasteiger charge is 2.09. The fourth-order valence-electron chi connectivity index (χ4n) is 1.95. The molecule has 2 aromatic carbocycles. The van der Waals surface area contributed by atoms with Crippen LogP contribution >= 0.6 is 23.8 Å². The number of benzene rings is 2. The van der Waals surface area contributed by atoms with Crippen LogP contribution in [-0.4, -0.2) is 11.5 Å². The zero-order chi connectivity index (χ0) is 14.5. The molecule has 2 aromatic rings. The van der Waals surface area contributed by atoms with E-state index < -0.39 is 0 Å². The predicted octanol–water partition coefficient (Wildman–Crippen LogP) is 3.77. The molecule has 5 heteroatoms. The van der Waals surface area contributed by atoms with E-state index in [9.17, 15) is 4.39 Å². The van der Waals surface area contributed by atoms with Crippen LogP contribution in [0.3, 0.4) is 0 Å². The molecule has 0 fully saturated rings. The Bertz CT molecular complexity index is 631. The first kappa shape index (κ1) is 14.8. The molecular formula is C15H14ClFN2S. The first-order valence-corrected chi connectivity index (χ1v) is 6.94. The molecule has 20 heavy (non-hydrogen) atoms. The normalized spacial score (nSPS) is 10.3. The molecule has 0 aliphatic heterocycles. The number of hydrogen-bond donors (Lipinski definition) is 2. The van der Waals surface area contributed by atoms with Gasteiger partial charge < -0.3 is 11.1 Å². The van der Waals surface area contributed by atoms with E-state index in [2.05, 4.69) is 5.32 Å². The van der Waals surface area contributed by atoms with Crippen molar-refractivity contribution in [2.75, 3.05) is 11.9 Å². The summed E-state index contributed by atoms with van der Waals surface area (Å²) in [5.74, 6) is -0.199. The zero-order valence-corrected chi connectivity index (χ0v) is 12.3. The molecule has 0 saturated heterocycles. The summed E-state index contributed by atoms with van der Waals surface area (Å²) in [5.41, 5.74) is 7.72. The van der Waals surface area contributed by atoms with E-state index in [1.807, 2.05) is 18.2 Å². The number of halogens is 2. The van der Waals surface area contributed by atoms with E-state index in [-0.39, 0.29) is 10.8 Å². The highest BCUT2D eigenvalue weighted by molar-refractivity contribution is 7.80. The third-order valence-corrected chi connectivity index (χ3v) is 3.45. The SMILES string of the molecule is NC(=S)c1c(Cl)cccc1NCCc1ccccc1F. The lowest BCUT2D eigenvalue weighted by atomic mass is 10.1. The van der Waals surface area contributed by atoms with E-state index in [0.717, 1.165) is 5.69 Å². The van der Waals surface area contributed by atoms with Crippen molar-refractivity contribution in [3.8, 4) is 0 Å². The number of anilines is 1. The smallest absolute Gasteiger partial charge is 0.126 e. The quantitative estimate of drug-likeness (QED) is 0.826. The Hall–Kier alpha value is -1.65. The molecule has 0 amide bonds. The molecule has 0 bridgehead atoms. The average molecular weight is 309 g/mol. The summed E-state index contributed by atoms with van der Waals surface area (Å²) in [7, 11) is 0. The van der Waals surface area contributed by atoms with E-state index >= 15 is 0 Å². The largest absolute Gasteiger partial charge is 0.389 e. The van der Waals surface area contributed by atoms with Crippen LogP contribution in [0, 0.1) is 5.82 Å². The first-order valence-electron chi connectivity index (χ1n) is 6.15. The van der Waals surface area contributed by atoms with E-state index in [4.69, 9.17) is 29.6 Å². The van der Waals surface area contributed by atoms with Crippen molar-refractivity contribution in [3.05, 3.63) is 64.4 Å². The van der Waals surface area contributed by atoms with Crippen molar-refractivity contribution in [2.45, 2.75) is 6.42 Å². The summed E-state index contributed by atoms with van der Waals surface area (Å²) in [6.45, 7) is 0.566. The zero-order valence-electron chi connectivity index (χ0n) is 10.7. The molecule has 0 atom stereocenters. The van der Waals surface area contributed by atoms with Crippen molar-refractivity contribution < 1.29 is 4.39 Å². The maximum Gasteiger partial charge on any atom is 0.126 e. The summed E-state index contributed by atoms with van der Waals surface area (Å²) < 4.78 is 13.5. The number of rotatable bonds is 5. The third-order valence-electron chi connectivity index (χ3n) is 2.93. The van der Waals surface area contributed by atoms with Gasteiger partial charge in [0.2, 0.25) is 0 Å². The van der Waals surface area contributed by atoms with Gasteiger partial charge in [-0.2, -0.15) is 0 Å². The Morgan fingerprint density at radius 1 is 1.20 bits per heavy atom. The Labute approximate surface area is 127 Å². The van der Waals surface area contributed by atoms with E-state index in [0.29, 0.717) is 29.1 Å². The molecule has 0 heterocycles. The standard InChI is InChI=1S/C15H14ClFN2S/c16-11-5-3-7-13(14(11)15(18)20)19-9-8-10-4-1-2-6-12(10)17/h1-7,19H,8-9H2,(H2,18,20). The van der Waals surface area contributed by atoms with Gasteiger partial charge in [0.25, 0.3) is 0 Å². The van der Waals surface area contributed by atoms with Crippen molar-refractivity contribution in [1.29, 1.82) is 0 Å². The Morgan fingerprint density at radius 3 is 2.65 bits per heavy atom. The fourth-order valence-corrected chi connectivity index (χ4v) is 2.51. The van der Waals surface area contributed by atoms with Crippen molar-refractivity contribution in [3.63, 3.8) is 0 Å². The molecular weight excluding hydrogens is 295 g/mol. The van der Waals surface area contributed by atoms with Gasteiger partial charge in [-0.1, -0.05) is 48.1 Å². The fraction of sp³-hybridized carbons (Fsp3) is 0.133. The van der Waals surface area contributed by atoms with Gasteiger partial charge in [0.05, 0.1) is 10.6 Å². The van der Waals surface area contributed by atoms with Gasteiger partial charge in [0.1, 0.15) is 10.8 Å². The van der Waals surface area contributed by atoms with Gasteiger partial charge in [0, 0.05) is 12.2 Å². The molecule has 104 valence electrons. The first-order chi connectivity index (χ1) is 9.59. The van der Waals surface area contributed by atoms with Gasteiger partial charge in [0.15, 0.2) is 0 Å². The highest BCUT2D eigenvalue weighted by Crippen LogP contribution is 2.24. The van der Waals surface area contributed by atoms with E-state index in [1.165, 1.54) is 6.07 Å². The van der Waals surface area contributed by atoms with Crippen LogP contribution in [0.5, 0.6) is 0 Å². The number of hydrogen-bond acceptors (Lipinski definition) is 2. The van der Waals surface area contributed by atoms with Crippen LogP contribution in [0.25, 0.3) is 0 Å². The third kappa shape index (κ3) is 3.46. The minimum absolute atomic E-state index is 0.199. The van der Waals surface area contributed by atoms with Crippen LogP contribution in [0.1, 0.15) is 11.1 Å². The number of nitrogens with one attached hydrogen (secondary N) is 1. The van der Waals surface area contributed by atoms with Gasteiger partial charge in [-0.15, -0.1) is 0 Å². The monoisotopic (exact) mass is 308 g/mol. The molecule has 2 rings (SSSR count). The second-order valence-electron chi connectivity index (χ2n) is 4.29. The van der Waals surface area contributed by atoms with Crippen LogP contribution in [-0.2, 0) is 6.42 Å². The number of nitrogens with two attached hydrogens (primary N) is 1. The van der Waals surface area contributed by atoms with Crippen molar-refractivity contribution in [2.24, 2.45) is 5.73 Å².